The minimum atomic E-state index is -4.69. The summed E-state index contributed by atoms with van der Waals surface area (Å²) < 4.78 is 40.5. The number of aliphatic hydroxyl groups is 1. The average molecular weight is 363 g/mol. The van der Waals surface area contributed by atoms with Gasteiger partial charge >= 0.3 is 6.18 Å². The van der Waals surface area contributed by atoms with Crippen molar-refractivity contribution in [2.75, 3.05) is 5.32 Å². The zero-order valence-corrected chi connectivity index (χ0v) is 13.8. The van der Waals surface area contributed by atoms with Crippen LogP contribution in [0.5, 0.6) is 5.75 Å². The van der Waals surface area contributed by atoms with Crippen LogP contribution in [0.25, 0.3) is 11.3 Å². The number of terminal acetylenes is 1. The second kappa shape index (κ2) is 6.18. The number of rotatable bonds is 3. The average Bonchev–Trinajstić information content (AvgIpc) is 2.52. The highest BCUT2D eigenvalue weighted by atomic mass is 19.4. The van der Waals surface area contributed by atoms with Gasteiger partial charge in [0.2, 0.25) is 0 Å². The number of aromatic nitrogens is 2. The normalized spacial score (nSPS) is 22.4. The minimum Gasteiger partial charge on any atom is -0.507 e. The van der Waals surface area contributed by atoms with Gasteiger partial charge in [-0.05, 0) is 44.0 Å². The molecule has 3 N–H and O–H groups in total. The van der Waals surface area contributed by atoms with Gasteiger partial charge in [-0.1, -0.05) is 5.92 Å². The van der Waals surface area contributed by atoms with Crippen molar-refractivity contribution >= 4 is 5.82 Å². The molecule has 8 heteroatoms. The maximum Gasteiger partial charge on any atom is 0.418 e. The van der Waals surface area contributed by atoms with Gasteiger partial charge in [-0.3, -0.25) is 0 Å². The quantitative estimate of drug-likeness (QED) is 0.730. The molecule has 1 heterocycles. The molecule has 0 spiro atoms. The zero-order chi connectivity index (χ0) is 19.1. The van der Waals surface area contributed by atoms with Crippen molar-refractivity contribution < 1.29 is 23.4 Å². The number of benzene rings is 1. The molecular weight excluding hydrogens is 347 g/mol. The maximum absolute atomic E-state index is 13.5. The Morgan fingerprint density at radius 2 is 1.96 bits per heavy atom. The molecule has 0 unspecified atom stereocenters. The van der Waals surface area contributed by atoms with E-state index in [4.69, 9.17) is 6.42 Å². The summed E-state index contributed by atoms with van der Waals surface area (Å²) in [6.45, 7) is 1.66. The van der Waals surface area contributed by atoms with Gasteiger partial charge in [0.15, 0.2) is 0 Å². The Kier molecular flexibility index (Phi) is 4.28. The van der Waals surface area contributed by atoms with Crippen LogP contribution in [0.1, 0.15) is 30.9 Å². The Morgan fingerprint density at radius 3 is 2.50 bits per heavy atom. The van der Waals surface area contributed by atoms with Crippen molar-refractivity contribution in [3.63, 3.8) is 0 Å². The second-order valence-electron chi connectivity index (χ2n) is 6.61. The van der Waals surface area contributed by atoms with Crippen LogP contribution in [-0.2, 0) is 6.18 Å². The van der Waals surface area contributed by atoms with Crippen LogP contribution in [0.4, 0.5) is 19.0 Å². The number of phenols is 1. The standard InChI is InChI=1S/C18H16F3N3O2/c1-3-10-4-5-12(14(25)6-10)16-13(18(19,20)21)7-15(23-24-16)22-11-8-17(2,26)9-11/h1,4-7,11,25-26H,8-9H2,2H3,(H,22,23). The minimum absolute atomic E-state index is 0.0405. The van der Waals surface area contributed by atoms with Gasteiger partial charge in [-0.25, -0.2) is 0 Å². The molecule has 5 nitrogen and oxygen atoms in total. The van der Waals surface area contributed by atoms with Gasteiger partial charge in [0.05, 0.1) is 11.2 Å². The van der Waals surface area contributed by atoms with Crippen molar-refractivity contribution in [1.29, 1.82) is 0 Å². The molecule has 1 aromatic carbocycles. The van der Waals surface area contributed by atoms with Gasteiger partial charge in [0.25, 0.3) is 0 Å². The number of aromatic hydroxyl groups is 1. The third-order valence-electron chi connectivity index (χ3n) is 4.24. The topological polar surface area (TPSA) is 78.3 Å². The molecular formula is C18H16F3N3O2. The predicted molar refractivity (Wildman–Crippen MR) is 89.3 cm³/mol. The molecule has 3 rings (SSSR count). The van der Waals surface area contributed by atoms with Crippen molar-refractivity contribution in [2.24, 2.45) is 0 Å². The molecule has 2 aromatic rings. The van der Waals surface area contributed by atoms with E-state index < -0.39 is 28.8 Å². The zero-order valence-electron chi connectivity index (χ0n) is 13.8. The van der Waals surface area contributed by atoms with E-state index in [9.17, 15) is 23.4 Å². The summed E-state index contributed by atoms with van der Waals surface area (Å²) in [5.74, 6) is 1.85. The Balaban J connectivity index is 1.97. The van der Waals surface area contributed by atoms with Crippen LogP contribution in [0.2, 0.25) is 0 Å². The van der Waals surface area contributed by atoms with Crippen LogP contribution in [0.3, 0.4) is 0 Å². The Labute approximate surface area is 147 Å². The lowest BCUT2D eigenvalue weighted by Gasteiger charge is -2.41. The van der Waals surface area contributed by atoms with Crippen molar-refractivity contribution in [3.8, 4) is 29.4 Å². The smallest absolute Gasteiger partial charge is 0.418 e. The fourth-order valence-corrected chi connectivity index (χ4v) is 3.01. The van der Waals surface area contributed by atoms with Crippen molar-refractivity contribution in [2.45, 2.75) is 37.6 Å². The SMILES string of the molecule is C#Cc1ccc(-c2nnc(NC3CC(C)(O)C3)cc2C(F)(F)F)c(O)c1. The summed E-state index contributed by atoms with van der Waals surface area (Å²) in [5.41, 5.74) is -2.10. The van der Waals surface area contributed by atoms with Crippen LogP contribution in [0, 0.1) is 12.3 Å². The highest BCUT2D eigenvalue weighted by Crippen LogP contribution is 2.40. The number of hydrogen-bond donors (Lipinski definition) is 3. The molecule has 1 aliphatic carbocycles. The molecule has 1 saturated carbocycles. The third-order valence-corrected chi connectivity index (χ3v) is 4.24. The Morgan fingerprint density at radius 1 is 1.27 bits per heavy atom. The maximum atomic E-state index is 13.5. The molecule has 0 amide bonds. The first kappa shape index (κ1) is 18.0. The van der Waals surface area contributed by atoms with E-state index in [2.05, 4.69) is 21.4 Å². The lowest BCUT2D eigenvalue weighted by Crippen LogP contribution is -2.48. The van der Waals surface area contributed by atoms with Crippen LogP contribution < -0.4 is 5.32 Å². The first-order valence-corrected chi connectivity index (χ1v) is 7.83. The number of nitrogens with one attached hydrogen (secondary N) is 1. The summed E-state index contributed by atoms with van der Waals surface area (Å²) in [5, 5.41) is 30.0. The number of nitrogens with zero attached hydrogens (tertiary/aromatic N) is 2. The summed E-state index contributed by atoms with van der Waals surface area (Å²) >= 11 is 0. The van der Waals surface area contributed by atoms with E-state index in [1.807, 2.05) is 0 Å². The predicted octanol–water partition coefficient (Wildman–Crippen LogP) is 3.17. The lowest BCUT2D eigenvalue weighted by molar-refractivity contribution is -0.137. The van der Waals surface area contributed by atoms with Gasteiger partial charge in [0, 0.05) is 17.2 Å². The Hall–Kier alpha value is -2.79. The summed E-state index contributed by atoms with van der Waals surface area (Å²) in [6, 6.07) is 4.57. The lowest BCUT2D eigenvalue weighted by atomic mass is 9.77. The second-order valence-corrected chi connectivity index (χ2v) is 6.61. The van der Waals surface area contributed by atoms with E-state index in [1.165, 1.54) is 18.2 Å². The van der Waals surface area contributed by atoms with Gasteiger partial charge < -0.3 is 15.5 Å². The number of halogens is 3. The molecule has 26 heavy (non-hydrogen) atoms. The fraction of sp³-hybridized carbons (Fsp3) is 0.333. The van der Waals surface area contributed by atoms with Crippen molar-refractivity contribution in [1.82, 2.24) is 10.2 Å². The van der Waals surface area contributed by atoms with Crippen LogP contribution >= 0.6 is 0 Å². The van der Waals surface area contributed by atoms with Gasteiger partial charge in [-0.2, -0.15) is 13.2 Å². The molecule has 0 aliphatic heterocycles. The number of phenolic OH excluding ortho intramolecular Hbond substituents is 1. The molecule has 1 aromatic heterocycles. The van der Waals surface area contributed by atoms with Gasteiger partial charge in [-0.15, -0.1) is 16.6 Å². The summed E-state index contributed by atoms with van der Waals surface area (Å²) in [6.07, 6.45) is 1.34. The number of hydrogen-bond acceptors (Lipinski definition) is 5. The van der Waals surface area contributed by atoms with Crippen LogP contribution in [0.15, 0.2) is 24.3 Å². The third kappa shape index (κ3) is 3.58. The van der Waals surface area contributed by atoms with E-state index in [1.54, 1.807) is 6.92 Å². The Bertz CT molecular complexity index is 880. The highest BCUT2D eigenvalue weighted by molar-refractivity contribution is 5.72. The molecule has 0 bridgehead atoms. The van der Waals surface area contributed by atoms with E-state index in [0.717, 1.165) is 6.07 Å². The number of anilines is 1. The van der Waals surface area contributed by atoms with Crippen LogP contribution in [-0.4, -0.2) is 32.1 Å². The van der Waals surface area contributed by atoms with E-state index in [0.29, 0.717) is 18.4 Å². The number of alkyl halides is 3. The highest BCUT2D eigenvalue weighted by Gasteiger charge is 2.40. The van der Waals surface area contributed by atoms with Gasteiger partial charge in [0.1, 0.15) is 17.3 Å². The summed E-state index contributed by atoms with van der Waals surface area (Å²) in [7, 11) is 0. The molecule has 1 aliphatic rings. The molecule has 0 radical (unpaired) electrons. The molecule has 0 atom stereocenters. The molecule has 0 saturated heterocycles. The first-order valence-electron chi connectivity index (χ1n) is 7.83. The molecule has 136 valence electrons. The summed E-state index contributed by atoms with van der Waals surface area (Å²) in [4.78, 5) is 0. The van der Waals surface area contributed by atoms with E-state index in [-0.39, 0.29) is 17.4 Å². The largest absolute Gasteiger partial charge is 0.507 e. The molecule has 1 fully saturated rings. The first-order chi connectivity index (χ1) is 12.1. The van der Waals surface area contributed by atoms with E-state index >= 15 is 0 Å². The monoisotopic (exact) mass is 363 g/mol. The van der Waals surface area contributed by atoms with Crippen molar-refractivity contribution in [3.05, 3.63) is 35.4 Å². The fourth-order valence-electron chi connectivity index (χ4n) is 3.01.